The van der Waals surface area contributed by atoms with Gasteiger partial charge in [0, 0.05) is 18.9 Å². The van der Waals surface area contributed by atoms with Crippen LogP contribution in [0.3, 0.4) is 0 Å². The molecule has 2 aliphatic rings. The Labute approximate surface area is 147 Å². The van der Waals surface area contributed by atoms with Crippen molar-refractivity contribution in [2.24, 2.45) is 5.92 Å². The standard InChI is InChI=1S/C19H23N3O3/c1-24-17-7-2-5-14-11-15(13-25-18(14)17)19(23)22-10-3-6-16(22)12-21-9-4-8-20-21/h2,4-5,7-9,15-16H,3,6,10-13H2,1H3/t15-,16-/m1/s1. The second-order valence-corrected chi connectivity index (χ2v) is 6.72. The number of nitrogens with zero attached hydrogens (tertiary/aromatic N) is 3. The largest absolute Gasteiger partial charge is 0.493 e. The molecule has 1 saturated heterocycles. The molecule has 132 valence electrons. The van der Waals surface area contributed by atoms with Gasteiger partial charge in [-0.05, 0) is 37.0 Å². The van der Waals surface area contributed by atoms with Crippen molar-refractivity contribution in [3.8, 4) is 11.5 Å². The van der Waals surface area contributed by atoms with Crippen LogP contribution in [0.15, 0.2) is 36.7 Å². The Morgan fingerprint density at radius 2 is 2.32 bits per heavy atom. The van der Waals surface area contributed by atoms with E-state index in [1.54, 1.807) is 13.3 Å². The highest BCUT2D eigenvalue weighted by atomic mass is 16.5. The van der Waals surface area contributed by atoms with Crippen molar-refractivity contribution in [2.75, 3.05) is 20.3 Å². The van der Waals surface area contributed by atoms with Crippen LogP contribution in [0.1, 0.15) is 18.4 Å². The number of hydrogen-bond acceptors (Lipinski definition) is 4. The smallest absolute Gasteiger partial charge is 0.229 e. The lowest BCUT2D eigenvalue weighted by Crippen LogP contribution is -2.44. The van der Waals surface area contributed by atoms with Gasteiger partial charge in [-0.2, -0.15) is 5.10 Å². The van der Waals surface area contributed by atoms with Crippen molar-refractivity contribution in [3.05, 3.63) is 42.2 Å². The monoisotopic (exact) mass is 341 g/mol. The van der Waals surface area contributed by atoms with Crippen LogP contribution in [0.4, 0.5) is 0 Å². The Hall–Kier alpha value is -2.50. The summed E-state index contributed by atoms with van der Waals surface area (Å²) in [6.45, 7) is 2.00. The van der Waals surface area contributed by atoms with Gasteiger partial charge in [-0.25, -0.2) is 0 Å². The van der Waals surface area contributed by atoms with E-state index >= 15 is 0 Å². The molecule has 6 nitrogen and oxygen atoms in total. The molecule has 0 spiro atoms. The van der Waals surface area contributed by atoms with E-state index in [2.05, 4.69) is 5.10 Å². The minimum absolute atomic E-state index is 0.127. The predicted molar refractivity (Wildman–Crippen MR) is 92.6 cm³/mol. The number of carbonyl (C=O) groups is 1. The van der Waals surface area contributed by atoms with Crippen LogP contribution in [-0.4, -0.2) is 46.9 Å². The molecule has 0 radical (unpaired) electrons. The number of amides is 1. The summed E-state index contributed by atoms with van der Waals surface area (Å²) in [5.41, 5.74) is 1.05. The maximum Gasteiger partial charge on any atom is 0.229 e. The highest BCUT2D eigenvalue weighted by Gasteiger charge is 2.36. The molecule has 6 heteroatoms. The highest BCUT2D eigenvalue weighted by Crippen LogP contribution is 2.37. The number of aromatic nitrogens is 2. The summed E-state index contributed by atoms with van der Waals surface area (Å²) in [4.78, 5) is 15.1. The predicted octanol–water partition coefficient (Wildman–Crippen LogP) is 2.13. The molecule has 1 aromatic heterocycles. The molecular formula is C19H23N3O3. The molecule has 0 saturated carbocycles. The maximum atomic E-state index is 13.1. The van der Waals surface area contributed by atoms with Crippen LogP contribution in [0.25, 0.3) is 0 Å². The number of para-hydroxylation sites is 1. The van der Waals surface area contributed by atoms with E-state index in [0.717, 1.165) is 43.0 Å². The van der Waals surface area contributed by atoms with E-state index in [4.69, 9.17) is 9.47 Å². The molecule has 25 heavy (non-hydrogen) atoms. The number of likely N-dealkylation sites (tertiary alicyclic amines) is 1. The second kappa shape index (κ2) is 6.78. The lowest BCUT2D eigenvalue weighted by atomic mass is 9.95. The van der Waals surface area contributed by atoms with Crippen molar-refractivity contribution < 1.29 is 14.3 Å². The van der Waals surface area contributed by atoms with Gasteiger partial charge < -0.3 is 14.4 Å². The summed E-state index contributed by atoms with van der Waals surface area (Å²) in [6.07, 6.45) is 6.52. The fourth-order valence-corrected chi connectivity index (χ4v) is 3.89. The molecular weight excluding hydrogens is 318 g/mol. The molecule has 2 aliphatic heterocycles. The summed E-state index contributed by atoms with van der Waals surface area (Å²) in [6, 6.07) is 7.99. The Balaban J connectivity index is 1.47. The number of benzene rings is 1. The first kappa shape index (κ1) is 16.0. The van der Waals surface area contributed by atoms with Crippen molar-refractivity contribution in [1.82, 2.24) is 14.7 Å². The summed E-state index contributed by atoms with van der Waals surface area (Å²) < 4.78 is 13.2. The fraction of sp³-hybridized carbons (Fsp3) is 0.474. The number of carbonyl (C=O) groups excluding carboxylic acids is 1. The molecule has 1 amide bonds. The lowest BCUT2D eigenvalue weighted by Gasteiger charge is -2.32. The van der Waals surface area contributed by atoms with Gasteiger partial charge in [0.05, 0.1) is 25.6 Å². The zero-order chi connectivity index (χ0) is 17.2. The van der Waals surface area contributed by atoms with E-state index in [1.165, 1.54) is 0 Å². The van der Waals surface area contributed by atoms with Gasteiger partial charge in [0.1, 0.15) is 6.61 Å². The van der Waals surface area contributed by atoms with Gasteiger partial charge in [-0.3, -0.25) is 9.48 Å². The minimum Gasteiger partial charge on any atom is -0.493 e. The molecule has 1 fully saturated rings. The summed E-state index contributed by atoms with van der Waals surface area (Å²) in [7, 11) is 1.64. The summed E-state index contributed by atoms with van der Waals surface area (Å²) in [5, 5.41) is 4.27. The topological polar surface area (TPSA) is 56.6 Å². The SMILES string of the molecule is COc1cccc2c1OC[C@H](C(=O)N1CCC[C@@H]1Cn1cccn1)C2. The second-order valence-electron chi connectivity index (χ2n) is 6.72. The van der Waals surface area contributed by atoms with Crippen LogP contribution in [0.2, 0.25) is 0 Å². The number of rotatable bonds is 4. The van der Waals surface area contributed by atoms with E-state index < -0.39 is 0 Å². The van der Waals surface area contributed by atoms with E-state index in [-0.39, 0.29) is 17.9 Å². The molecule has 0 N–H and O–H groups in total. The number of methoxy groups -OCH3 is 1. The zero-order valence-corrected chi connectivity index (χ0v) is 14.4. The molecule has 4 rings (SSSR count). The first-order chi connectivity index (χ1) is 12.3. The molecule has 0 aliphatic carbocycles. The summed E-state index contributed by atoms with van der Waals surface area (Å²) in [5.74, 6) is 1.59. The zero-order valence-electron chi connectivity index (χ0n) is 14.4. The molecule has 0 bridgehead atoms. The average Bonchev–Trinajstić information content (AvgIpc) is 3.32. The Kier molecular flexibility index (Phi) is 4.34. The number of ether oxygens (including phenoxy) is 2. The van der Waals surface area contributed by atoms with Crippen LogP contribution in [-0.2, 0) is 17.8 Å². The number of hydrogen-bond donors (Lipinski definition) is 0. The first-order valence-electron chi connectivity index (χ1n) is 8.83. The third kappa shape index (κ3) is 3.08. The van der Waals surface area contributed by atoms with Crippen molar-refractivity contribution in [2.45, 2.75) is 31.8 Å². The third-order valence-electron chi connectivity index (χ3n) is 5.14. The third-order valence-corrected chi connectivity index (χ3v) is 5.14. The van der Waals surface area contributed by atoms with Crippen molar-refractivity contribution >= 4 is 5.91 Å². The van der Waals surface area contributed by atoms with Gasteiger partial charge in [-0.15, -0.1) is 0 Å². The quantitative estimate of drug-likeness (QED) is 0.855. The van der Waals surface area contributed by atoms with E-state index in [9.17, 15) is 4.79 Å². The van der Waals surface area contributed by atoms with E-state index in [0.29, 0.717) is 13.0 Å². The van der Waals surface area contributed by atoms with Crippen molar-refractivity contribution in [1.29, 1.82) is 0 Å². The van der Waals surface area contributed by atoms with Gasteiger partial charge in [0.2, 0.25) is 5.91 Å². The van der Waals surface area contributed by atoms with Crippen LogP contribution >= 0.6 is 0 Å². The Morgan fingerprint density at radius 3 is 3.12 bits per heavy atom. The normalized spacial score (nSPS) is 22.4. The van der Waals surface area contributed by atoms with Crippen LogP contribution in [0, 0.1) is 5.92 Å². The lowest BCUT2D eigenvalue weighted by molar-refractivity contribution is -0.138. The molecule has 0 unspecified atom stereocenters. The molecule has 1 aromatic carbocycles. The minimum atomic E-state index is -0.127. The molecule has 2 aromatic rings. The van der Waals surface area contributed by atoms with Crippen molar-refractivity contribution in [3.63, 3.8) is 0 Å². The maximum absolute atomic E-state index is 13.1. The summed E-state index contributed by atoms with van der Waals surface area (Å²) >= 11 is 0. The van der Waals surface area contributed by atoms with Gasteiger partial charge in [0.15, 0.2) is 11.5 Å². The first-order valence-corrected chi connectivity index (χ1v) is 8.83. The van der Waals surface area contributed by atoms with E-state index in [1.807, 2.05) is 40.0 Å². The van der Waals surface area contributed by atoms with Gasteiger partial charge in [-0.1, -0.05) is 12.1 Å². The Morgan fingerprint density at radius 1 is 1.40 bits per heavy atom. The van der Waals surface area contributed by atoms with Gasteiger partial charge in [0.25, 0.3) is 0 Å². The van der Waals surface area contributed by atoms with Crippen LogP contribution in [0.5, 0.6) is 11.5 Å². The molecule has 3 heterocycles. The van der Waals surface area contributed by atoms with Gasteiger partial charge >= 0.3 is 0 Å². The Bertz CT molecular complexity index is 744. The average molecular weight is 341 g/mol. The number of fused-ring (bicyclic) bond motifs is 1. The molecule has 2 atom stereocenters. The van der Waals surface area contributed by atoms with Crippen LogP contribution < -0.4 is 9.47 Å². The highest BCUT2D eigenvalue weighted by molar-refractivity contribution is 5.80. The fourth-order valence-electron chi connectivity index (χ4n) is 3.89.